The molecule has 0 saturated heterocycles. The van der Waals surface area contributed by atoms with E-state index in [1.807, 2.05) is 0 Å². The van der Waals surface area contributed by atoms with Crippen LogP contribution in [0.2, 0.25) is 0 Å². The molecular formula is C21H34O11S2. The Balaban J connectivity index is 1.56. The third-order valence-corrected chi connectivity index (χ3v) is 10.7. The molecule has 34 heavy (non-hydrogen) atoms. The van der Waals surface area contributed by atoms with E-state index < -0.39 is 56.4 Å². The first kappa shape index (κ1) is 26.4. The highest BCUT2D eigenvalue weighted by molar-refractivity contribution is 7.81. The molecule has 4 rings (SSSR count). The lowest BCUT2D eigenvalue weighted by molar-refractivity contribution is -0.201. The van der Waals surface area contributed by atoms with Crippen molar-refractivity contribution in [3.05, 3.63) is 0 Å². The van der Waals surface area contributed by atoms with E-state index in [1.165, 1.54) is 0 Å². The van der Waals surface area contributed by atoms with Gasteiger partial charge in [0.2, 0.25) is 0 Å². The molecule has 11 nitrogen and oxygen atoms in total. The molecule has 13 heteroatoms. The van der Waals surface area contributed by atoms with Gasteiger partial charge in [0.05, 0.1) is 12.2 Å². The molecule has 0 aromatic carbocycles. The van der Waals surface area contributed by atoms with Crippen LogP contribution in [0.3, 0.4) is 0 Å². The van der Waals surface area contributed by atoms with Crippen molar-refractivity contribution in [3.8, 4) is 0 Å². The topological polar surface area (TPSA) is 185 Å². The summed E-state index contributed by atoms with van der Waals surface area (Å²) in [7, 11) is -9.38. The first-order valence-corrected chi connectivity index (χ1v) is 14.4. The van der Waals surface area contributed by atoms with Gasteiger partial charge in [0, 0.05) is 5.41 Å². The monoisotopic (exact) mass is 526 g/mol. The summed E-state index contributed by atoms with van der Waals surface area (Å²) in [5, 5.41) is 22.8. The second-order valence-electron chi connectivity index (χ2n) is 11.2. The zero-order chi connectivity index (χ0) is 25.3. The van der Waals surface area contributed by atoms with Crippen LogP contribution in [0.15, 0.2) is 0 Å². The van der Waals surface area contributed by atoms with Crippen molar-refractivity contribution in [2.24, 2.45) is 34.5 Å². The second kappa shape index (κ2) is 8.44. The Morgan fingerprint density at radius 2 is 1.68 bits per heavy atom. The van der Waals surface area contributed by atoms with Gasteiger partial charge in [0.25, 0.3) is 0 Å². The fraction of sp³-hybridized carbons (Fsp3) is 0.952. The maximum Gasteiger partial charge on any atom is 0.397 e. The number of hydrogen-bond acceptors (Lipinski definition) is 9. The van der Waals surface area contributed by atoms with Gasteiger partial charge in [-0.05, 0) is 80.5 Å². The van der Waals surface area contributed by atoms with E-state index in [1.54, 1.807) is 6.92 Å². The van der Waals surface area contributed by atoms with Crippen molar-refractivity contribution in [1.29, 1.82) is 0 Å². The Hall–Kier alpha value is -0.670. The summed E-state index contributed by atoms with van der Waals surface area (Å²) in [5.74, 6) is -0.895. The summed E-state index contributed by atoms with van der Waals surface area (Å²) in [5.41, 5.74) is -3.16. The number of hydrogen-bond donors (Lipinski definition) is 4. The number of Topliss-reactive ketones (excluding diaryl/α,β-unsaturated/α-hetero) is 1. The van der Waals surface area contributed by atoms with Crippen molar-refractivity contribution in [3.63, 3.8) is 0 Å². The highest BCUT2D eigenvalue weighted by Crippen LogP contribution is 2.68. The van der Waals surface area contributed by atoms with Gasteiger partial charge < -0.3 is 10.2 Å². The molecule has 0 spiro atoms. The van der Waals surface area contributed by atoms with Gasteiger partial charge in [0.15, 0.2) is 5.78 Å². The molecule has 9 atom stereocenters. The number of carbonyl (C=O) groups is 1. The minimum absolute atomic E-state index is 0.0263. The maximum atomic E-state index is 12.9. The van der Waals surface area contributed by atoms with E-state index in [4.69, 9.17) is 13.3 Å². The van der Waals surface area contributed by atoms with Gasteiger partial charge in [-0.2, -0.15) is 16.8 Å². The molecule has 0 aliphatic heterocycles. The predicted molar refractivity (Wildman–Crippen MR) is 117 cm³/mol. The summed E-state index contributed by atoms with van der Waals surface area (Å²) < 4.78 is 71.2. The maximum absolute atomic E-state index is 12.9. The van der Waals surface area contributed by atoms with Crippen LogP contribution in [0.25, 0.3) is 0 Å². The van der Waals surface area contributed by atoms with Crippen molar-refractivity contribution in [2.75, 3.05) is 6.61 Å². The molecule has 0 bridgehead atoms. The molecule has 4 aliphatic rings. The fourth-order valence-corrected chi connectivity index (χ4v) is 9.09. The average Bonchev–Trinajstić information content (AvgIpc) is 2.96. The minimum Gasteiger partial charge on any atom is -0.393 e. The lowest BCUT2D eigenvalue weighted by Gasteiger charge is -2.62. The summed E-state index contributed by atoms with van der Waals surface area (Å²) in [6.45, 7) is 2.90. The van der Waals surface area contributed by atoms with Crippen LogP contribution in [-0.2, 0) is 34.0 Å². The van der Waals surface area contributed by atoms with E-state index in [9.17, 15) is 31.8 Å². The molecule has 196 valence electrons. The van der Waals surface area contributed by atoms with Crippen LogP contribution in [0.4, 0.5) is 0 Å². The Kier molecular flexibility index (Phi) is 6.55. The molecule has 0 radical (unpaired) electrons. The lowest BCUT2D eigenvalue weighted by Crippen LogP contribution is -2.63. The predicted octanol–water partition coefficient (Wildman–Crippen LogP) is 1.31. The number of aliphatic hydroxyl groups is 2. The van der Waals surface area contributed by atoms with E-state index in [0.29, 0.717) is 25.7 Å². The molecule has 4 aliphatic carbocycles. The zero-order valence-electron chi connectivity index (χ0n) is 19.3. The molecular weight excluding hydrogens is 492 g/mol. The Bertz CT molecular complexity index is 1040. The quantitative estimate of drug-likeness (QED) is 0.366. The number of rotatable bonds is 6. The minimum atomic E-state index is -4.84. The van der Waals surface area contributed by atoms with Crippen molar-refractivity contribution >= 4 is 26.6 Å². The van der Waals surface area contributed by atoms with Crippen molar-refractivity contribution < 1.29 is 49.3 Å². The first-order valence-electron chi connectivity index (χ1n) is 11.7. The van der Waals surface area contributed by atoms with Gasteiger partial charge >= 0.3 is 20.8 Å². The molecule has 0 amide bonds. The van der Waals surface area contributed by atoms with E-state index in [-0.39, 0.29) is 41.9 Å². The zero-order valence-corrected chi connectivity index (χ0v) is 20.9. The van der Waals surface area contributed by atoms with Gasteiger partial charge in [-0.3, -0.25) is 13.9 Å². The number of fused-ring (bicyclic) bond motifs is 5. The summed E-state index contributed by atoms with van der Waals surface area (Å²) in [6.07, 6.45) is 2.38. The molecule has 0 aromatic rings. The van der Waals surface area contributed by atoms with E-state index in [2.05, 4.69) is 11.1 Å². The first-order chi connectivity index (χ1) is 15.5. The Morgan fingerprint density at radius 1 is 1.00 bits per heavy atom. The summed E-state index contributed by atoms with van der Waals surface area (Å²) >= 11 is 0. The lowest BCUT2D eigenvalue weighted by atomic mass is 9.43. The number of aliphatic hydroxyl groups excluding tert-OH is 1. The highest BCUT2D eigenvalue weighted by atomic mass is 32.3. The second-order valence-corrected chi connectivity index (χ2v) is 13.3. The molecule has 0 aromatic heterocycles. The SMILES string of the molecule is C[C@]12CC[C@@H](OS(=O)(=O)O)C[C@H]1CC[C@@H]1[C@@H]2[C@@H](O)C[C@@]2(C)[C@H]1CC[C@]2(O)C(=O)COS(=O)(=O)O. The van der Waals surface area contributed by atoms with Crippen LogP contribution in [0.1, 0.15) is 65.2 Å². The normalized spacial score (nSPS) is 46.9. The Labute approximate surface area is 200 Å². The van der Waals surface area contributed by atoms with Gasteiger partial charge in [-0.25, -0.2) is 8.37 Å². The van der Waals surface area contributed by atoms with E-state index in [0.717, 1.165) is 12.8 Å². The van der Waals surface area contributed by atoms with Gasteiger partial charge in [-0.1, -0.05) is 13.8 Å². The third kappa shape index (κ3) is 4.36. The standard InChI is InChI=1S/C21H34O11S2/c1-19-7-5-13(32-34(28,29)30)9-12(19)3-4-14-15-6-8-21(24,17(23)11-31-33(25,26)27)20(15,2)10-16(22)18(14)19/h12-16,18,22,24H,3-11H2,1-2H3,(H,25,26,27)(H,28,29,30)/t12-,13-,14+,15+,16+,18-,19+,20+,21+/m1/s1. The molecule has 0 unspecified atom stereocenters. The smallest absolute Gasteiger partial charge is 0.393 e. The molecule has 4 fully saturated rings. The van der Waals surface area contributed by atoms with Crippen LogP contribution < -0.4 is 0 Å². The number of ketones is 1. The van der Waals surface area contributed by atoms with Crippen LogP contribution in [-0.4, -0.2) is 66.4 Å². The van der Waals surface area contributed by atoms with Crippen LogP contribution >= 0.6 is 0 Å². The fourth-order valence-electron chi connectivity index (χ4n) is 8.31. The summed E-state index contributed by atoms with van der Waals surface area (Å²) in [4.78, 5) is 12.9. The highest BCUT2D eigenvalue weighted by Gasteiger charge is 2.68. The van der Waals surface area contributed by atoms with Crippen LogP contribution in [0, 0.1) is 34.5 Å². The van der Waals surface area contributed by atoms with Crippen molar-refractivity contribution in [2.45, 2.75) is 83.0 Å². The van der Waals surface area contributed by atoms with E-state index >= 15 is 0 Å². The largest absolute Gasteiger partial charge is 0.397 e. The molecule has 4 N–H and O–H groups in total. The van der Waals surface area contributed by atoms with Gasteiger partial charge in [-0.15, -0.1) is 0 Å². The third-order valence-electron chi connectivity index (χ3n) is 9.76. The van der Waals surface area contributed by atoms with Crippen LogP contribution in [0.5, 0.6) is 0 Å². The Morgan fingerprint density at radius 3 is 2.29 bits per heavy atom. The summed E-state index contributed by atoms with van der Waals surface area (Å²) in [6, 6.07) is 0. The van der Waals surface area contributed by atoms with Crippen molar-refractivity contribution in [1.82, 2.24) is 0 Å². The molecule has 0 heterocycles. The van der Waals surface area contributed by atoms with Gasteiger partial charge in [0.1, 0.15) is 12.2 Å². The molecule has 4 saturated carbocycles. The number of carbonyl (C=O) groups excluding carboxylic acids is 1. The average molecular weight is 527 g/mol.